The minimum absolute atomic E-state index is 0.311. The van der Waals surface area contributed by atoms with Crippen molar-refractivity contribution in [3.8, 4) is 0 Å². The van der Waals surface area contributed by atoms with E-state index in [4.69, 9.17) is 4.74 Å². The summed E-state index contributed by atoms with van der Waals surface area (Å²) < 4.78 is 5.24. The second-order valence-corrected chi connectivity index (χ2v) is 5.42. The molecule has 3 unspecified atom stereocenters. The van der Waals surface area contributed by atoms with Crippen molar-refractivity contribution in [3.63, 3.8) is 0 Å². The van der Waals surface area contributed by atoms with Gasteiger partial charge >= 0.3 is 0 Å². The molecule has 2 heteroatoms. The Balaban J connectivity index is 1.82. The van der Waals surface area contributed by atoms with Crippen molar-refractivity contribution in [1.29, 1.82) is 0 Å². The van der Waals surface area contributed by atoms with Crippen LogP contribution >= 0.6 is 0 Å². The first-order chi connectivity index (χ1) is 7.81. The third-order valence-corrected chi connectivity index (χ3v) is 4.44. The maximum atomic E-state index is 11.9. The molecule has 0 aromatic rings. The predicted octanol–water partition coefficient (Wildman–Crippen LogP) is 3.20. The molecular weight excluding hydrogens is 200 g/mol. The zero-order valence-corrected chi connectivity index (χ0v) is 10.4. The zero-order valence-electron chi connectivity index (χ0n) is 10.4. The second-order valence-electron chi connectivity index (χ2n) is 5.42. The summed E-state index contributed by atoms with van der Waals surface area (Å²) in [5.41, 5.74) is 0. The van der Waals surface area contributed by atoms with Crippen molar-refractivity contribution in [2.24, 2.45) is 17.8 Å². The summed E-state index contributed by atoms with van der Waals surface area (Å²) in [5, 5.41) is 0. The fourth-order valence-electron chi connectivity index (χ4n) is 3.49. The highest BCUT2D eigenvalue weighted by Gasteiger charge is 2.34. The third kappa shape index (κ3) is 2.85. The molecule has 2 aliphatic rings. The van der Waals surface area contributed by atoms with Crippen LogP contribution in [0.3, 0.4) is 0 Å². The number of hydrogen-bond acceptors (Lipinski definition) is 2. The lowest BCUT2D eigenvalue weighted by atomic mass is 9.67. The van der Waals surface area contributed by atoms with Crippen LogP contribution in [0.4, 0.5) is 0 Å². The van der Waals surface area contributed by atoms with E-state index in [1.54, 1.807) is 0 Å². The fraction of sp³-hybridized carbons (Fsp3) is 0.929. The lowest BCUT2D eigenvalue weighted by molar-refractivity contribution is -0.129. The lowest BCUT2D eigenvalue weighted by Crippen LogP contribution is -2.32. The molecule has 92 valence electrons. The minimum atomic E-state index is 0.311. The highest BCUT2D eigenvalue weighted by atomic mass is 16.5. The monoisotopic (exact) mass is 224 g/mol. The van der Waals surface area contributed by atoms with Gasteiger partial charge in [-0.2, -0.15) is 0 Å². The highest BCUT2D eigenvalue weighted by molar-refractivity contribution is 5.82. The molecule has 0 saturated heterocycles. The molecular formula is C14H24O2. The van der Waals surface area contributed by atoms with E-state index in [0.29, 0.717) is 24.9 Å². The topological polar surface area (TPSA) is 26.3 Å². The van der Waals surface area contributed by atoms with Gasteiger partial charge in [-0.3, -0.25) is 4.79 Å². The number of carbonyl (C=O) groups excluding carboxylic acids is 1. The Bertz CT molecular complexity index is 237. The normalized spacial score (nSPS) is 34.4. The molecule has 0 aromatic heterocycles. The quantitative estimate of drug-likeness (QED) is 0.733. The number of ether oxygens (including phenoxy) is 1. The van der Waals surface area contributed by atoms with E-state index in [1.165, 1.54) is 32.1 Å². The van der Waals surface area contributed by atoms with E-state index >= 15 is 0 Å². The molecule has 16 heavy (non-hydrogen) atoms. The maximum Gasteiger partial charge on any atom is 0.161 e. The van der Waals surface area contributed by atoms with E-state index in [9.17, 15) is 4.79 Å². The molecule has 0 N–H and O–H groups in total. The van der Waals surface area contributed by atoms with Crippen molar-refractivity contribution >= 4 is 5.78 Å². The van der Waals surface area contributed by atoms with Crippen molar-refractivity contribution in [2.75, 3.05) is 13.2 Å². The summed E-state index contributed by atoms with van der Waals surface area (Å²) in [5.74, 6) is 2.44. The second kappa shape index (κ2) is 5.81. The van der Waals surface area contributed by atoms with Gasteiger partial charge in [-0.1, -0.05) is 25.7 Å². The molecule has 2 nitrogen and oxygen atoms in total. The average Bonchev–Trinajstić information content (AvgIpc) is 2.35. The Morgan fingerprint density at radius 1 is 1.12 bits per heavy atom. The van der Waals surface area contributed by atoms with Crippen LogP contribution in [0.15, 0.2) is 0 Å². The summed E-state index contributed by atoms with van der Waals surface area (Å²) in [6, 6.07) is 0. The lowest BCUT2D eigenvalue weighted by Gasteiger charge is -2.38. The predicted molar refractivity (Wildman–Crippen MR) is 64.3 cm³/mol. The first-order valence-electron chi connectivity index (χ1n) is 6.91. The molecule has 3 atom stereocenters. The molecule has 2 rings (SSSR count). The summed E-state index contributed by atoms with van der Waals surface area (Å²) in [6.07, 6.45) is 9.13. The van der Waals surface area contributed by atoms with Crippen LogP contribution in [-0.2, 0) is 9.53 Å². The molecule has 2 saturated carbocycles. The maximum absolute atomic E-state index is 11.9. The van der Waals surface area contributed by atoms with E-state index < -0.39 is 0 Å². The smallest absolute Gasteiger partial charge is 0.161 e. The number of hydrogen-bond donors (Lipinski definition) is 0. The molecule has 0 aromatic carbocycles. The average molecular weight is 224 g/mol. The van der Waals surface area contributed by atoms with Crippen molar-refractivity contribution in [1.82, 2.24) is 0 Å². The molecule has 2 aliphatic carbocycles. The van der Waals surface area contributed by atoms with Crippen molar-refractivity contribution in [3.05, 3.63) is 0 Å². The minimum Gasteiger partial charge on any atom is -0.374 e. The van der Waals surface area contributed by atoms with Crippen LogP contribution < -0.4 is 0 Å². The molecule has 2 fully saturated rings. The first kappa shape index (κ1) is 12.1. The van der Waals surface area contributed by atoms with Gasteiger partial charge in [0.05, 0.1) is 0 Å². The number of carbonyl (C=O) groups is 1. The van der Waals surface area contributed by atoms with Gasteiger partial charge in [-0.15, -0.1) is 0 Å². The first-order valence-corrected chi connectivity index (χ1v) is 6.91. The fourth-order valence-corrected chi connectivity index (χ4v) is 3.49. The summed E-state index contributed by atoms with van der Waals surface area (Å²) >= 11 is 0. The highest BCUT2D eigenvalue weighted by Crippen LogP contribution is 2.42. The van der Waals surface area contributed by atoms with Crippen molar-refractivity contribution < 1.29 is 9.53 Å². The third-order valence-electron chi connectivity index (χ3n) is 4.44. The molecule has 0 radical (unpaired) electrons. The van der Waals surface area contributed by atoms with Crippen molar-refractivity contribution in [2.45, 2.75) is 51.9 Å². The Labute approximate surface area is 98.7 Å². The standard InChI is InChI=1S/C14H24O2/c1-2-16-10-14(15)13-8-7-11-5-3-4-6-12(11)9-13/h11-13H,2-10H2,1H3. The van der Waals surface area contributed by atoms with Gasteiger partial charge in [-0.25, -0.2) is 0 Å². The Morgan fingerprint density at radius 3 is 2.62 bits per heavy atom. The van der Waals surface area contributed by atoms with E-state index in [0.717, 1.165) is 24.7 Å². The van der Waals surface area contributed by atoms with Crippen LogP contribution in [-0.4, -0.2) is 19.0 Å². The number of fused-ring (bicyclic) bond motifs is 1. The zero-order chi connectivity index (χ0) is 11.4. The van der Waals surface area contributed by atoms with Gasteiger partial charge in [0, 0.05) is 12.5 Å². The van der Waals surface area contributed by atoms with Gasteiger partial charge in [-0.05, 0) is 38.0 Å². The van der Waals surface area contributed by atoms with Gasteiger partial charge in [0.2, 0.25) is 0 Å². The Hall–Kier alpha value is -0.370. The van der Waals surface area contributed by atoms with E-state index in [2.05, 4.69) is 0 Å². The van der Waals surface area contributed by atoms with E-state index in [-0.39, 0.29) is 0 Å². The largest absolute Gasteiger partial charge is 0.374 e. The number of rotatable bonds is 4. The molecule has 0 spiro atoms. The summed E-state index contributed by atoms with van der Waals surface area (Å²) in [7, 11) is 0. The van der Waals surface area contributed by atoms with Gasteiger partial charge < -0.3 is 4.74 Å². The number of ketones is 1. The van der Waals surface area contributed by atoms with Crippen LogP contribution in [0.2, 0.25) is 0 Å². The van der Waals surface area contributed by atoms with Gasteiger partial charge in [0.25, 0.3) is 0 Å². The van der Waals surface area contributed by atoms with Crippen LogP contribution in [0, 0.1) is 17.8 Å². The Kier molecular flexibility index (Phi) is 4.39. The molecule has 0 bridgehead atoms. The SMILES string of the molecule is CCOCC(=O)C1CCC2CCCCC2C1. The van der Waals surface area contributed by atoms with E-state index in [1.807, 2.05) is 6.92 Å². The van der Waals surface area contributed by atoms with Crippen LogP contribution in [0.5, 0.6) is 0 Å². The van der Waals surface area contributed by atoms with Crippen LogP contribution in [0.1, 0.15) is 51.9 Å². The van der Waals surface area contributed by atoms with Gasteiger partial charge in [0.1, 0.15) is 6.61 Å². The van der Waals surface area contributed by atoms with Gasteiger partial charge in [0.15, 0.2) is 5.78 Å². The summed E-state index contributed by atoms with van der Waals surface area (Å²) in [4.78, 5) is 11.9. The summed E-state index contributed by atoms with van der Waals surface area (Å²) in [6.45, 7) is 2.95. The molecule has 0 amide bonds. The Morgan fingerprint density at radius 2 is 1.88 bits per heavy atom. The molecule has 0 heterocycles. The number of Topliss-reactive ketones (excluding diaryl/α,β-unsaturated/α-hetero) is 1. The molecule has 0 aliphatic heterocycles. The van der Waals surface area contributed by atoms with Crippen LogP contribution in [0.25, 0.3) is 0 Å².